The van der Waals surface area contributed by atoms with Crippen LogP contribution in [0.15, 0.2) is 0 Å². The number of hydrogen-bond donors (Lipinski definition) is 2. The molecule has 38 heavy (non-hydrogen) atoms. The minimum absolute atomic E-state index is 0.0377. The molecule has 0 aromatic carbocycles. The SMILES string of the molecule is CC(C)(C)NC(C(=O)C(C)(C)C)C(C)(C)SC(C)(C)C.CC(C)(C)N[C@H](CSC(C)(C)C)C(=O)C(C)(C)C. The van der Waals surface area contributed by atoms with Crippen molar-refractivity contribution >= 4 is 35.1 Å². The number of nitrogens with one attached hydrogen (secondary N) is 2. The zero-order chi connectivity index (χ0) is 31.3. The van der Waals surface area contributed by atoms with Crippen molar-refractivity contribution in [3.05, 3.63) is 0 Å². The molecule has 0 amide bonds. The third-order valence-corrected chi connectivity index (χ3v) is 7.93. The molecule has 2 atom stereocenters. The third-order valence-electron chi connectivity index (χ3n) is 5.19. The van der Waals surface area contributed by atoms with E-state index in [1.54, 1.807) is 0 Å². The van der Waals surface area contributed by atoms with Gasteiger partial charge in [0.25, 0.3) is 0 Å². The molecule has 0 radical (unpaired) electrons. The highest BCUT2D eigenvalue weighted by molar-refractivity contribution is 8.02. The fourth-order valence-electron chi connectivity index (χ4n) is 3.83. The first-order chi connectivity index (χ1) is 16.2. The number of ketones is 2. The second kappa shape index (κ2) is 13.7. The lowest BCUT2D eigenvalue weighted by atomic mass is 9.81. The Balaban J connectivity index is 0. The number of rotatable bonds is 8. The topological polar surface area (TPSA) is 58.2 Å². The molecule has 1 unspecified atom stereocenters. The van der Waals surface area contributed by atoms with Crippen LogP contribution in [0.5, 0.6) is 0 Å². The highest BCUT2D eigenvalue weighted by Crippen LogP contribution is 2.40. The van der Waals surface area contributed by atoms with E-state index in [0.29, 0.717) is 5.78 Å². The summed E-state index contributed by atoms with van der Waals surface area (Å²) in [5.41, 5.74) is -0.745. The van der Waals surface area contributed by atoms with Gasteiger partial charge in [0.2, 0.25) is 0 Å². The summed E-state index contributed by atoms with van der Waals surface area (Å²) in [4.78, 5) is 25.4. The molecule has 0 aliphatic rings. The molecular formula is C32H66N2O2S2. The largest absolute Gasteiger partial charge is 0.302 e. The Labute approximate surface area is 247 Å². The number of carbonyl (C=O) groups is 2. The van der Waals surface area contributed by atoms with Gasteiger partial charge in [0.05, 0.1) is 12.1 Å². The van der Waals surface area contributed by atoms with Crippen molar-refractivity contribution in [2.75, 3.05) is 5.75 Å². The Morgan fingerprint density at radius 1 is 0.553 bits per heavy atom. The smallest absolute Gasteiger partial charge is 0.156 e. The molecule has 0 bridgehead atoms. The molecule has 2 N–H and O–H groups in total. The summed E-state index contributed by atoms with van der Waals surface area (Å²) in [5, 5.41) is 7.02. The first-order valence-corrected chi connectivity index (χ1v) is 16.0. The second-order valence-corrected chi connectivity index (χ2v) is 21.6. The summed E-state index contributed by atoms with van der Waals surface area (Å²) in [5.74, 6) is 1.42. The molecule has 0 aliphatic heterocycles. The molecule has 0 aromatic heterocycles. The third kappa shape index (κ3) is 19.1. The number of thioether (sulfide) groups is 2. The molecule has 0 spiro atoms. The van der Waals surface area contributed by atoms with Gasteiger partial charge in [-0.05, 0) is 55.4 Å². The predicted octanol–water partition coefficient (Wildman–Crippen LogP) is 8.56. The average Bonchev–Trinajstić information content (AvgIpc) is 2.56. The van der Waals surface area contributed by atoms with Gasteiger partial charge in [-0.25, -0.2) is 0 Å². The highest BCUT2D eigenvalue weighted by Gasteiger charge is 2.43. The Bertz CT molecular complexity index is 747. The van der Waals surface area contributed by atoms with Gasteiger partial charge >= 0.3 is 0 Å². The van der Waals surface area contributed by atoms with Crippen molar-refractivity contribution in [1.29, 1.82) is 0 Å². The fraction of sp³-hybridized carbons (Fsp3) is 0.938. The molecule has 228 valence electrons. The quantitative estimate of drug-likeness (QED) is 0.303. The van der Waals surface area contributed by atoms with E-state index in [1.807, 2.05) is 65.1 Å². The first kappa shape index (κ1) is 40.1. The van der Waals surface area contributed by atoms with Crippen LogP contribution < -0.4 is 10.6 Å². The maximum Gasteiger partial charge on any atom is 0.156 e. The number of hydrogen-bond acceptors (Lipinski definition) is 6. The normalized spacial score (nSPS) is 15.9. The Hall–Kier alpha value is -0.0400. The Morgan fingerprint density at radius 2 is 0.921 bits per heavy atom. The fourth-order valence-corrected chi connectivity index (χ4v) is 6.59. The van der Waals surface area contributed by atoms with Gasteiger partial charge < -0.3 is 10.6 Å². The van der Waals surface area contributed by atoms with Crippen molar-refractivity contribution in [2.24, 2.45) is 10.8 Å². The molecule has 0 saturated carbocycles. The summed E-state index contributed by atoms with van der Waals surface area (Å²) in [6.45, 7) is 42.2. The molecular weight excluding hydrogens is 508 g/mol. The molecule has 0 fully saturated rings. The summed E-state index contributed by atoms with van der Waals surface area (Å²) in [6, 6.07) is -0.235. The average molecular weight is 575 g/mol. The van der Waals surface area contributed by atoms with Crippen LogP contribution >= 0.6 is 23.5 Å². The summed E-state index contributed by atoms with van der Waals surface area (Å²) in [7, 11) is 0. The minimum atomic E-state index is -0.335. The van der Waals surface area contributed by atoms with E-state index >= 15 is 0 Å². The molecule has 0 rings (SSSR count). The summed E-state index contributed by atoms with van der Waals surface area (Å²) >= 11 is 3.71. The molecule has 4 nitrogen and oxygen atoms in total. The van der Waals surface area contributed by atoms with Gasteiger partial charge in [-0.15, -0.1) is 11.8 Å². The van der Waals surface area contributed by atoms with E-state index in [-0.39, 0.29) is 54.0 Å². The van der Waals surface area contributed by atoms with Crippen molar-refractivity contribution in [3.63, 3.8) is 0 Å². The van der Waals surface area contributed by atoms with Gasteiger partial charge in [0, 0.05) is 41.9 Å². The van der Waals surface area contributed by atoms with Crippen molar-refractivity contribution in [3.8, 4) is 0 Å². The minimum Gasteiger partial charge on any atom is -0.302 e. The van der Waals surface area contributed by atoms with E-state index in [1.165, 1.54) is 0 Å². The van der Waals surface area contributed by atoms with Gasteiger partial charge in [-0.3, -0.25) is 9.59 Å². The van der Waals surface area contributed by atoms with Crippen LogP contribution in [0, 0.1) is 10.8 Å². The number of carbonyl (C=O) groups excluding carboxylic acids is 2. The Kier molecular flexibility index (Phi) is 14.5. The zero-order valence-electron chi connectivity index (χ0n) is 29.0. The van der Waals surface area contributed by atoms with E-state index in [9.17, 15) is 9.59 Å². The maximum absolute atomic E-state index is 12.9. The van der Waals surface area contributed by atoms with Crippen molar-refractivity contribution < 1.29 is 9.59 Å². The molecule has 0 aromatic rings. The van der Waals surface area contributed by atoms with Gasteiger partial charge in [-0.2, -0.15) is 11.8 Å². The summed E-state index contributed by atoms with van der Waals surface area (Å²) in [6.07, 6.45) is 0. The van der Waals surface area contributed by atoms with Crippen LogP contribution in [0.3, 0.4) is 0 Å². The van der Waals surface area contributed by atoms with Crippen LogP contribution in [0.1, 0.15) is 138 Å². The summed E-state index contributed by atoms with van der Waals surface area (Å²) < 4.78 is 0.158. The maximum atomic E-state index is 12.9. The zero-order valence-corrected chi connectivity index (χ0v) is 30.6. The van der Waals surface area contributed by atoms with Gasteiger partial charge in [0.1, 0.15) is 0 Å². The van der Waals surface area contributed by atoms with Crippen molar-refractivity contribution in [2.45, 2.75) is 176 Å². The monoisotopic (exact) mass is 574 g/mol. The van der Waals surface area contributed by atoms with Crippen LogP contribution in [-0.2, 0) is 9.59 Å². The van der Waals surface area contributed by atoms with Crippen LogP contribution in [-0.4, -0.2) is 54.7 Å². The first-order valence-electron chi connectivity index (χ1n) is 14.2. The highest BCUT2D eigenvalue weighted by atomic mass is 32.2. The lowest BCUT2D eigenvalue weighted by molar-refractivity contribution is -0.129. The molecule has 0 saturated heterocycles. The van der Waals surface area contributed by atoms with Crippen LogP contribution in [0.2, 0.25) is 0 Å². The van der Waals surface area contributed by atoms with Crippen LogP contribution in [0.25, 0.3) is 0 Å². The molecule has 0 aliphatic carbocycles. The van der Waals surface area contributed by atoms with Crippen LogP contribution in [0.4, 0.5) is 0 Å². The molecule has 6 heteroatoms. The van der Waals surface area contributed by atoms with Crippen molar-refractivity contribution in [1.82, 2.24) is 10.6 Å². The predicted molar refractivity (Wildman–Crippen MR) is 176 cm³/mol. The standard InChI is InChI=1S/C17H35NOS.C15H31NOS/c1-14(2,3)13(19)12(18-15(4,5)6)17(10,11)20-16(7,8)9;1-13(2,3)12(17)11(16-14(4,5)6)10-18-15(7,8)9/h12,18H,1-11H3;11,16H,10H2,1-9H3/t;11-/m.1/s1. The van der Waals surface area contributed by atoms with Gasteiger partial charge in [0.15, 0.2) is 11.6 Å². The lowest BCUT2D eigenvalue weighted by Gasteiger charge is -2.43. The lowest BCUT2D eigenvalue weighted by Crippen LogP contribution is -2.59. The van der Waals surface area contributed by atoms with E-state index in [4.69, 9.17) is 0 Å². The van der Waals surface area contributed by atoms with E-state index in [0.717, 1.165) is 5.75 Å². The van der Waals surface area contributed by atoms with Gasteiger partial charge in [-0.1, -0.05) is 83.1 Å². The Morgan fingerprint density at radius 3 is 1.18 bits per heavy atom. The molecule has 0 heterocycles. The van der Waals surface area contributed by atoms with E-state index < -0.39 is 0 Å². The van der Waals surface area contributed by atoms with E-state index in [2.05, 4.69) is 108 Å². The number of Topliss-reactive ketones (excluding diaryl/α,β-unsaturated/α-hetero) is 2. The second-order valence-electron chi connectivity index (χ2n) is 17.2.